The van der Waals surface area contributed by atoms with Crippen LogP contribution in [0.25, 0.3) is 0 Å². The van der Waals surface area contributed by atoms with E-state index in [4.69, 9.17) is 0 Å². The van der Waals surface area contributed by atoms with E-state index in [1.165, 1.54) is 5.47 Å². The molecule has 0 aromatic heterocycles. The van der Waals surface area contributed by atoms with Gasteiger partial charge in [0.25, 0.3) is 0 Å². The molecule has 0 spiro atoms. The fraction of sp³-hybridized carbons (Fsp3) is 0.125. The summed E-state index contributed by atoms with van der Waals surface area (Å²) >= 11 is 0. The third-order valence-corrected chi connectivity index (χ3v) is 1.85. The fourth-order valence-electron chi connectivity index (χ4n) is 1.07. The van der Waals surface area contributed by atoms with E-state index in [-0.39, 0.29) is 0 Å². The standard InChI is InChI=1S/C8H14B4O/c1-3-5-6-8(4-2)10-12-11-9-7-13/h3-7,9-12H,1H2,2H3/b6-5-,8-4+. The lowest BCUT2D eigenvalue weighted by molar-refractivity contribution is 0.569. The summed E-state index contributed by atoms with van der Waals surface area (Å²) in [4.78, 5) is 10.0. The van der Waals surface area contributed by atoms with E-state index >= 15 is 0 Å². The molecule has 13 heavy (non-hydrogen) atoms. The number of carbonyl (C=O) groups is 1. The average molecular weight is 169 g/mol. The lowest BCUT2D eigenvalue weighted by Gasteiger charge is -1.94. The zero-order valence-corrected chi connectivity index (χ0v) is 8.33. The highest BCUT2D eigenvalue weighted by Gasteiger charge is 1.98. The lowest BCUT2D eigenvalue weighted by Crippen LogP contribution is -2.20. The predicted molar refractivity (Wildman–Crippen MR) is 68.4 cm³/mol. The molecular formula is C8H14B4O. The minimum Gasteiger partial charge on any atom is -0.316 e. The SMILES string of the molecule is C=C/C=C\C(BBBBC=O)=C/C. The molecule has 0 saturated heterocycles. The first-order valence-corrected chi connectivity index (χ1v) is 4.73. The Hall–Kier alpha value is -0.850. The van der Waals surface area contributed by atoms with Crippen molar-refractivity contribution in [3.63, 3.8) is 0 Å². The van der Waals surface area contributed by atoms with Crippen LogP contribution in [0.2, 0.25) is 0 Å². The number of rotatable bonds is 7. The van der Waals surface area contributed by atoms with Gasteiger partial charge in [0.1, 0.15) is 7.17 Å². The molecule has 0 aromatic carbocycles. The molecule has 0 unspecified atom stereocenters. The summed E-state index contributed by atoms with van der Waals surface area (Å²) in [6.07, 6.45) is 8.85. The van der Waals surface area contributed by atoms with Gasteiger partial charge >= 0.3 is 0 Å². The van der Waals surface area contributed by atoms with Gasteiger partial charge in [0, 0.05) is 0 Å². The number of hydrogen-bond donors (Lipinski definition) is 0. The molecule has 0 aliphatic rings. The van der Waals surface area contributed by atoms with Crippen molar-refractivity contribution >= 4 is 34.6 Å². The van der Waals surface area contributed by atoms with E-state index in [1.807, 2.05) is 13.0 Å². The molecule has 0 radical (unpaired) electrons. The van der Waals surface area contributed by atoms with Gasteiger partial charge in [-0.3, -0.25) is 0 Å². The highest BCUT2D eigenvalue weighted by Crippen LogP contribution is 1.92. The maximum absolute atomic E-state index is 10.0. The molecule has 5 heteroatoms. The van der Waals surface area contributed by atoms with E-state index < -0.39 is 0 Å². The third kappa shape index (κ3) is 7.51. The number of allylic oxidation sites excluding steroid dienone is 5. The topological polar surface area (TPSA) is 17.1 Å². The maximum atomic E-state index is 10.0. The molecule has 64 valence electrons. The van der Waals surface area contributed by atoms with Crippen LogP contribution in [0.1, 0.15) is 6.92 Å². The van der Waals surface area contributed by atoms with Gasteiger partial charge in [-0.05, 0) is 6.92 Å². The number of hydrogen-bond acceptors (Lipinski definition) is 1. The second-order valence-corrected chi connectivity index (χ2v) is 2.87. The smallest absolute Gasteiger partial charge is 0.156 e. The minimum atomic E-state index is 0.683. The van der Waals surface area contributed by atoms with Crippen LogP contribution in [0.4, 0.5) is 0 Å². The van der Waals surface area contributed by atoms with E-state index in [0.29, 0.717) is 7.17 Å². The molecule has 0 aliphatic heterocycles. The van der Waals surface area contributed by atoms with Crippen LogP contribution < -0.4 is 0 Å². The summed E-state index contributed by atoms with van der Waals surface area (Å²) in [5, 5.41) is 0. The van der Waals surface area contributed by atoms with Crippen LogP contribution in [-0.4, -0.2) is 34.6 Å². The molecule has 0 aliphatic carbocycles. The van der Waals surface area contributed by atoms with E-state index in [9.17, 15) is 4.79 Å². The normalized spacial score (nSPS) is 10.7. The van der Waals surface area contributed by atoms with Crippen LogP contribution in [0.5, 0.6) is 0 Å². The van der Waals surface area contributed by atoms with E-state index in [1.54, 1.807) is 6.08 Å². The molecule has 0 rings (SSSR count). The summed E-state index contributed by atoms with van der Waals surface area (Å²) in [6.45, 7) is 5.65. The second kappa shape index (κ2) is 9.24. The summed E-state index contributed by atoms with van der Waals surface area (Å²) in [5.74, 6) is 0. The van der Waals surface area contributed by atoms with Crippen molar-refractivity contribution in [2.45, 2.75) is 6.92 Å². The lowest BCUT2D eigenvalue weighted by atomic mass is 9.07. The van der Waals surface area contributed by atoms with E-state index in [2.05, 4.69) is 18.7 Å². The van der Waals surface area contributed by atoms with Gasteiger partial charge in [0.2, 0.25) is 0 Å². The molecular weight excluding hydrogens is 155 g/mol. The zero-order chi connectivity index (χ0) is 9.94. The summed E-state index contributed by atoms with van der Waals surface area (Å²) in [7, 11) is 3.81. The van der Waals surface area contributed by atoms with Gasteiger partial charge in [-0.1, -0.05) is 36.4 Å². The summed E-state index contributed by atoms with van der Waals surface area (Å²) < 4.78 is 0. The molecule has 0 N–H and O–H groups in total. The van der Waals surface area contributed by atoms with Crippen LogP contribution in [0.3, 0.4) is 0 Å². The van der Waals surface area contributed by atoms with E-state index in [0.717, 1.165) is 27.5 Å². The van der Waals surface area contributed by atoms with Crippen molar-refractivity contribution in [2.75, 3.05) is 0 Å². The quantitative estimate of drug-likeness (QED) is 0.213. The second-order valence-electron chi connectivity index (χ2n) is 2.87. The number of carbonyl (C=O) groups excluding carboxylic acids is 1. The Bertz CT molecular complexity index is 210. The summed E-state index contributed by atoms with van der Waals surface area (Å²) in [5.41, 5.74) is 1.31. The molecule has 0 aromatic rings. The Morgan fingerprint density at radius 2 is 2.15 bits per heavy atom. The predicted octanol–water partition coefficient (Wildman–Crippen LogP) is -0.686. The van der Waals surface area contributed by atoms with Gasteiger partial charge in [0.15, 0.2) is 7.17 Å². The van der Waals surface area contributed by atoms with Gasteiger partial charge in [-0.25, -0.2) is 0 Å². The molecule has 0 saturated carbocycles. The molecule has 0 fully saturated rings. The first kappa shape index (κ1) is 12.1. The molecule has 0 heterocycles. The fourth-order valence-corrected chi connectivity index (χ4v) is 1.07. The van der Waals surface area contributed by atoms with Gasteiger partial charge in [-0.15, -0.1) is 0 Å². The third-order valence-electron chi connectivity index (χ3n) is 1.85. The Kier molecular flexibility index (Phi) is 8.64. The van der Waals surface area contributed by atoms with Gasteiger partial charge in [0.05, 0.1) is 20.3 Å². The summed E-state index contributed by atoms with van der Waals surface area (Å²) in [6, 6.07) is 0. The van der Waals surface area contributed by atoms with Crippen molar-refractivity contribution in [1.29, 1.82) is 0 Å². The average Bonchev–Trinajstić information content (AvgIpc) is 2.17. The molecule has 1 nitrogen and oxygen atoms in total. The van der Waals surface area contributed by atoms with Crippen molar-refractivity contribution in [1.82, 2.24) is 0 Å². The Morgan fingerprint density at radius 3 is 2.69 bits per heavy atom. The highest BCUT2D eigenvalue weighted by molar-refractivity contribution is 7.48. The Morgan fingerprint density at radius 1 is 1.38 bits per heavy atom. The van der Waals surface area contributed by atoms with Crippen LogP contribution >= 0.6 is 0 Å². The van der Waals surface area contributed by atoms with Crippen molar-refractivity contribution < 1.29 is 4.79 Å². The van der Waals surface area contributed by atoms with Crippen molar-refractivity contribution in [2.24, 2.45) is 0 Å². The first-order chi connectivity index (χ1) is 6.35. The van der Waals surface area contributed by atoms with Gasteiger partial charge < -0.3 is 4.79 Å². The zero-order valence-electron chi connectivity index (χ0n) is 8.33. The van der Waals surface area contributed by atoms with Gasteiger partial charge in [-0.2, -0.15) is 0 Å². The Balaban J connectivity index is 3.67. The van der Waals surface area contributed by atoms with Crippen LogP contribution in [0, 0.1) is 0 Å². The van der Waals surface area contributed by atoms with Crippen molar-refractivity contribution in [3.05, 3.63) is 36.4 Å². The molecule has 0 bridgehead atoms. The maximum Gasteiger partial charge on any atom is 0.156 e. The largest absolute Gasteiger partial charge is 0.316 e. The molecule has 0 atom stereocenters. The van der Waals surface area contributed by atoms with Crippen molar-refractivity contribution in [3.8, 4) is 0 Å². The minimum absolute atomic E-state index is 0.683. The Labute approximate surface area is 83.3 Å². The first-order valence-electron chi connectivity index (χ1n) is 4.73. The monoisotopic (exact) mass is 170 g/mol. The molecule has 0 amide bonds. The van der Waals surface area contributed by atoms with Crippen LogP contribution in [-0.2, 0) is 4.79 Å². The van der Waals surface area contributed by atoms with Crippen LogP contribution in [0.15, 0.2) is 36.4 Å². The highest BCUT2D eigenvalue weighted by atomic mass is 16.1.